The van der Waals surface area contributed by atoms with Gasteiger partial charge in [-0.2, -0.15) is 23.5 Å². The van der Waals surface area contributed by atoms with Gasteiger partial charge in [0.05, 0.1) is 29.1 Å². The number of rotatable bonds is 4. The lowest BCUT2D eigenvalue weighted by atomic mass is 10.1. The molecular formula is C19H15F3N4. The monoisotopic (exact) mass is 356 g/mol. The number of benzene rings is 2. The first-order valence-corrected chi connectivity index (χ1v) is 7.83. The normalized spacial score (nSPS) is 11.2. The zero-order chi connectivity index (χ0) is 18.7. The molecular weight excluding hydrogens is 341 g/mol. The third kappa shape index (κ3) is 3.70. The number of hydrogen-bond acceptors (Lipinski definition) is 3. The summed E-state index contributed by atoms with van der Waals surface area (Å²) >= 11 is 0. The second kappa shape index (κ2) is 6.92. The van der Waals surface area contributed by atoms with E-state index < -0.39 is 11.7 Å². The van der Waals surface area contributed by atoms with Gasteiger partial charge in [0.15, 0.2) is 0 Å². The van der Waals surface area contributed by atoms with Gasteiger partial charge >= 0.3 is 6.18 Å². The number of aryl methyl sites for hydroxylation is 1. The minimum absolute atomic E-state index is 0.444. The van der Waals surface area contributed by atoms with Crippen molar-refractivity contribution in [3.63, 3.8) is 0 Å². The Morgan fingerprint density at radius 3 is 2.50 bits per heavy atom. The average molecular weight is 356 g/mol. The third-order valence-electron chi connectivity index (χ3n) is 4.04. The van der Waals surface area contributed by atoms with E-state index in [9.17, 15) is 13.2 Å². The molecule has 0 saturated heterocycles. The molecule has 2 N–H and O–H groups in total. The van der Waals surface area contributed by atoms with Crippen LogP contribution in [0.25, 0.3) is 11.3 Å². The predicted molar refractivity (Wildman–Crippen MR) is 92.2 cm³/mol. The lowest BCUT2D eigenvalue weighted by molar-refractivity contribution is -0.137. The zero-order valence-corrected chi connectivity index (χ0v) is 13.9. The summed E-state index contributed by atoms with van der Waals surface area (Å²) in [6, 6.07) is 12.4. The largest absolute Gasteiger partial charge is 0.416 e. The summed E-state index contributed by atoms with van der Waals surface area (Å²) in [5.74, 6) is 0. The maximum absolute atomic E-state index is 12.7. The molecule has 2 aromatic carbocycles. The van der Waals surface area contributed by atoms with Crippen molar-refractivity contribution >= 4 is 5.69 Å². The summed E-state index contributed by atoms with van der Waals surface area (Å²) in [6.07, 6.45) is -2.72. The van der Waals surface area contributed by atoms with Crippen molar-refractivity contribution in [2.75, 3.05) is 5.32 Å². The molecule has 0 unspecified atom stereocenters. The second-order valence-electron chi connectivity index (χ2n) is 5.84. The van der Waals surface area contributed by atoms with Crippen LogP contribution in [-0.4, -0.2) is 10.2 Å². The number of hydrogen-bond donors (Lipinski definition) is 2. The van der Waals surface area contributed by atoms with Crippen LogP contribution in [0.4, 0.5) is 18.9 Å². The lowest BCUT2D eigenvalue weighted by Crippen LogP contribution is -2.04. The van der Waals surface area contributed by atoms with Crippen molar-refractivity contribution in [1.29, 1.82) is 5.26 Å². The number of anilines is 1. The van der Waals surface area contributed by atoms with Crippen molar-refractivity contribution in [3.8, 4) is 17.3 Å². The molecule has 4 nitrogen and oxygen atoms in total. The molecule has 0 fully saturated rings. The molecule has 1 aromatic heterocycles. The summed E-state index contributed by atoms with van der Waals surface area (Å²) in [5.41, 5.74) is 3.83. The van der Waals surface area contributed by atoms with Gasteiger partial charge < -0.3 is 5.32 Å². The highest BCUT2D eigenvalue weighted by Gasteiger charge is 2.30. The van der Waals surface area contributed by atoms with Crippen LogP contribution in [0, 0.1) is 18.3 Å². The Hall–Kier alpha value is -3.27. The number of H-pyrrole nitrogens is 1. The molecule has 26 heavy (non-hydrogen) atoms. The molecule has 132 valence electrons. The summed E-state index contributed by atoms with van der Waals surface area (Å²) in [7, 11) is 0. The highest BCUT2D eigenvalue weighted by Crippen LogP contribution is 2.31. The van der Waals surface area contributed by atoms with Crippen molar-refractivity contribution in [2.45, 2.75) is 19.6 Å². The van der Waals surface area contributed by atoms with E-state index >= 15 is 0 Å². The summed E-state index contributed by atoms with van der Waals surface area (Å²) in [5, 5.41) is 19.0. The first kappa shape index (κ1) is 17.5. The van der Waals surface area contributed by atoms with Crippen LogP contribution in [0.1, 0.15) is 22.3 Å². The van der Waals surface area contributed by atoms with E-state index in [-0.39, 0.29) is 0 Å². The quantitative estimate of drug-likeness (QED) is 0.700. The molecule has 3 aromatic rings. The number of aromatic amines is 1. The van der Waals surface area contributed by atoms with Crippen molar-refractivity contribution in [3.05, 3.63) is 70.9 Å². The van der Waals surface area contributed by atoms with Crippen molar-refractivity contribution < 1.29 is 13.2 Å². The van der Waals surface area contributed by atoms with Crippen LogP contribution in [0.2, 0.25) is 0 Å². The minimum atomic E-state index is -4.36. The van der Waals surface area contributed by atoms with Gasteiger partial charge in [-0.05, 0) is 48.4 Å². The van der Waals surface area contributed by atoms with E-state index in [0.29, 0.717) is 23.4 Å². The third-order valence-corrected chi connectivity index (χ3v) is 4.04. The van der Waals surface area contributed by atoms with Crippen LogP contribution >= 0.6 is 0 Å². The predicted octanol–water partition coefficient (Wildman–Crippen LogP) is 4.89. The summed E-state index contributed by atoms with van der Waals surface area (Å²) in [6.45, 7) is 2.34. The summed E-state index contributed by atoms with van der Waals surface area (Å²) < 4.78 is 38.1. The first-order valence-electron chi connectivity index (χ1n) is 7.83. The minimum Gasteiger partial charge on any atom is -0.381 e. The van der Waals surface area contributed by atoms with Gasteiger partial charge in [0.25, 0.3) is 0 Å². The lowest BCUT2D eigenvalue weighted by Gasteiger charge is -2.11. The Morgan fingerprint density at radius 2 is 1.88 bits per heavy atom. The Balaban J connectivity index is 1.78. The molecule has 0 bridgehead atoms. The van der Waals surface area contributed by atoms with E-state index in [1.165, 1.54) is 12.1 Å². The number of aromatic nitrogens is 2. The molecule has 0 radical (unpaired) electrons. The Kier molecular flexibility index (Phi) is 4.67. The molecule has 0 saturated carbocycles. The van der Waals surface area contributed by atoms with E-state index in [4.69, 9.17) is 5.26 Å². The highest BCUT2D eigenvalue weighted by molar-refractivity contribution is 5.64. The standard InChI is InChI=1S/C19H15F3N4/c1-12-8-13(9-23)2-7-17(12)24-10-15-11-25-26-18(15)14-3-5-16(6-4-14)19(20,21)22/h2-8,11,24H,10H2,1H3,(H,25,26). The number of halogens is 3. The first-order chi connectivity index (χ1) is 12.4. The number of nitrogens with one attached hydrogen (secondary N) is 2. The van der Waals surface area contributed by atoms with Gasteiger partial charge in [0.1, 0.15) is 0 Å². The molecule has 0 aliphatic heterocycles. The van der Waals surface area contributed by atoms with Gasteiger partial charge in [-0.15, -0.1) is 0 Å². The Morgan fingerprint density at radius 1 is 1.15 bits per heavy atom. The van der Waals surface area contributed by atoms with Crippen LogP contribution < -0.4 is 5.32 Å². The number of alkyl halides is 3. The SMILES string of the molecule is Cc1cc(C#N)ccc1NCc1cn[nH]c1-c1ccc(C(F)(F)F)cc1. The fraction of sp³-hybridized carbons (Fsp3) is 0.158. The van der Waals surface area contributed by atoms with Gasteiger partial charge in [0, 0.05) is 17.8 Å². The van der Waals surface area contributed by atoms with Crippen LogP contribution in [0.5, 0.6) is 0 Å². The molecule has 0 aliphatic carbocycles. The van der Waals surface area contributed by atoms with E-state index in [1.807, 2.05) is 13.0 Å². The zero-order valence-electron chi connectivity index (χ0n) is 13.9. The number of nitriles is 1. The van der Waals surface area contributed by atoms with E-state index in [2.05, 4.69) is 21.6 Å². The molecule has 7 heteroatoms. The van der Waals surface area contributed by atoms with E-state index in [0.717, 1.165) is 28.9 Å². The Bertz CT molecular complexity index is 950. The summed E-state index contributed by atoms with van der Waals surface area (Å²) in [4.78, 5) is 0. The smallest absolute Gasteiger partial charge is 0.381 e. The van der Waals surface area contributed by atoms with E-state index in [1.54, 1.807) is 18.3 Å². The maximum atomic E-state index is 12.7. The molecule has 0 aliphatic rings. The highest BCUT2D eigenvalue weighted by atomic mass is 19.4. The van der Waals surface area contributed by atoms with Gasteiger partial charge in [-0.25, -0.2) is 0 Å². The topological polar surface area (TPSA) is 64.5 Å². The second-order valence-corrected chi connectivity index (χ2v) is 5.84. The van der Waals surface area contributed by atoms with Gasteiger partial charge in [-0.1, -0.05) is 12.1 Å². The van der Waals surface area contributed by atoms with Gasteiger partial charge in [0.2, 0.25) is 0 Å². The number of nitrogens with zero attached hydrogens (tertiary/aromatic N) is 2. The molecule has 0 spiro atoms. The molecule has 0 atom stereocenters. The van der Waals surface area contributed by atoms with Crippen molar-refractivity contribution in [1.82, 2.24) is 10.2 Å². The molecule has 1 heterocycles. The van der Waals surface area contributed by atoms with Crippen molar-refractivity contribution in [2.24, 2.45) is 0 Å². The van der Waals surface area contributed by atoms with Crippen LogP contribution in [-0.2, 0) is 12.7 Å². The van der Waals surface area contributed by atoms with Gasteiger partial charge in [-0.3, -0.25) is 5.10 Å². The maximum Gasteiger partial charge on any atom is 0.416 e. The fourth-order valence-electron chi connectivity index (χ4n) is 2.64. The Labute approximate surface area is 148 Å². The molecule has 0 amide bonds. The van der Waals surface area contributed by atoms with Crippen LogP contribution in [0.3, 0.4) is 0 Å². The van der Waals surface area contributed by atoms with Crippen LogP contribution in [0.15, 0.2) is 48.7 Å². The molecule has 3 rings (SSSR count). The fourth-order valence-corrected chi connectivity index (χ4v) is 2.64. The average Bonchev–Trinajstić information content (AvgIpc) is 3.08.